The highest BCUT2D eigenvalue weighted by Crippen LogP contribution is 2.44. The van der Waals surface area contributed by atoms with E-state index in [0.29, 0.717) is 17.1 Å². The minimum absolute atomic E-state index is 0.0953. The standard InChI is InChI=1S/C29H29N3O4/c1-31-17-23(20-9-7-8-12-24(20)31)27-26(21-10-5-6-11-22(21)29(34)32(27)2)28(33)30-16-18-15-19(35-3)13-14-25(18)36-4/h5-15,17,26-27H,16H2,1-4H3,(H,30,33). The van der Waals surface area contributed by atoms with Gasteiger partial charge >= 0.3 is 0 Å². The van der Waals surface area contributed by atoms with Gasteiger partial charge in [-0.05, 0) is 35.9 Å². The van der Waals surface area contributed by atoms with Crippen LogP contribution in [-0.2, 0) is 18.4 Å². The van der Waals surface area contributed by atoms with Crippen molar-refractivity contribution in [3.8, 4) is 11.5 Å². The molecule has 7 heteroatoms. The molecule has 2 atom stereocenters. The average Bonchev–Trinajstić information content (AvgIpc) is 3.24. The number of hydrogen-bond acceptors (Lipinski definition) is 4. The van der Waals surface area contributed by atoms with Crippen LogP contribution in [0.1, 0.15) is 39.0 Å². The first-order chi connectivity index (χ1) is 17.4. The van der Waals surface area contributed by atoms with Crippen molar-refractivity contribution in [1.29, 1.82) is 0 Å². The molecule has 3 aromatic carbocycles. The average molecular weight is 484 g/mol. The Morgan fingerprint density at radius 1 is 0.944 bits per heavy atom. The predicted octanol–water partition coefficient (Wildman–Crippen LogP) is 4.42. The van der Waals surface area contributed by atoms with Gasteiger partial charge in [0.05, 0.1) is 26.2 Å². The van der Waals surface area contributed by atoms with Crippen molar-refractivity contribution >= 4 is 22.7 Å². The molecular weight excluding hydrogens is 454 g/mol. The van der Waals surface area contributed by atoms with E-state index in [-0.39, 0.29) is 18.4 Å². The molecule has 4 aromatic rings. The Morgan fingerprint density at radius 3 is 2.47 bits per heavy atom. The van der Waals surface area contributed by atoms with Crippen LogP contribution in [0.2, 0.25) is 0 Å². The van der Waals surface area contributed by atoms with Gasteiger partial charge in [0.25, 0.3) is 5.91 Å². The second kappa shape index (κ2) is 9.41. The lowest BCUT2D eigenvalue weighted by molar-refractivity contribution is -0.124. The minimum Gasteiger partial charge on any atom is -0.497 e. The summed E-state index contributed by atoms with van der Waals surface area (Å²) in [5.74, 6) is 0.498. The van der Waals surface area contributed by atoms with E-state index in [1.165, 1.54) is 0 Å². The monoisotopic (exact) mass is 483 g/mol. The lowest BCUT2D eigenvalue weighted by Gasteiger charge is -2.39. The highest BCUT2D eigenvalue weighted by atomic mass is 16.5. The van der Waals surface area contributed by atoms with Gasteiger partial charge in [0.2, 0.25) is 5.91 Å². The number of fused-ring (bicyclic) bond motifs is 2. The van der Waals surface area contributed by atoms with Gasteiger partial charge in [0, 0.05) is 54.4 Å². The lowest BCUT2D eigenvalue weighted by Crippen LogP contribution is -2.45. The van der Waals surface area contributed by atoms with Crippen molar-refractivity contribution in [3.63, 3.8) is 0 Å². The van der Waals surface area contributed by atoms with E-state index in [4.69, 9.17) is 9.47 Å². The van der Waals surface area contributed by atoms with Crippen LogP contribution in [0, 0.1) is 0 Å². The van der Waals surface area contributed by atoms with Gasteiger partial charge in [-0.25, -0.2) is 0 Å². The molecule has 0 fully saturated rings. The highest BCUT2D eigenvalue weighted by Gasteiger charge is 2.43. The zero-order valence-electron chi connectivity index (χ0n) is 20.8. The molecule has 2 heterocycles. The lowest BCUT2D eigenvalue weighted by atomic mass is 9.79. The Morgan fingerprint density at radius 2 is 1.69 bits per heavy atom. The number of likely N-dealkylation sites (N-methyl/N-ethyl adjacent to an activating group) is 1. The van der Waals surface area contributed by atoms with Crippen molar-refractivity contribution < 1.29 is 19.1 Å². The molecule has 1 aromatic heterocycles. The van der Waals surface area contributed by atoms with E-state index < -0.39 is 12.0 Å². The van der Waals surface area contributed by atoms with E-state index >= 15 is 0 Å². The first-order valence-electron chi connectivity index (χ1n) is 11.8. The maximum Gasteiger partial charge on any atom is 0.254 e. The maximum atomic E-state index is 13.9. The summed E-state index contributed by atoms with van der Waals surface area (Å²) >= 11 is 0. The number of hydrogen-bond donors (Lipinski definition) is 1. The number of aromatic nitrogens is 1. The summed E-state index contributed by atoms with van der Waals surface area (Å²) in [6, 6.07) is 20.5. The number of carbonyl (C=O) groups excluding carboxylic acids is 2. The molecular formula is C29H29N3O4. The molecule has 2 unspecified atom stereocenters. The number of nitrogens with zero attached hydrogens (tertiary/aromatic N) is 2. The largest absolute Gasteiger partial charge is 0.497 e. The number of carbonyl (C=O) groups is 2. The van der Waals surface area contributed by atoms with Crippen LogP contribution in [0.4, 0.5) is 0 Å². The van der Waals surface area contributed by atoms with Crippen LogP contribution in [-0.4, -0.2) is 42.5 Å². The Labute approximate surface area is 210 Å². The number of aryl methyl sites for hydroxylation is 1. The molecule has 36 heavy (non-hydrogen) atoms. The van der Waals surface area contributed by atoms with Gasteiger partial charge < -0.3 is 24.3 Å². The molecule has 1 N–H and O–H groups in total. The number of para-hydroxylation sites is 1. The third kappa shape index (κ3) is 3.86. The molecule has 2 amide bonds. The first kappa shape index (κ1) is 23.5. The van der Waals surface area contributed by atoms with Crippen molar-refractivity contribution in [2.24, 2.45) is 7.05 Å². The fraction of sp³-hybridized carbons (Fsp3) is 0.241. The molecule has 0 aliphatic carbocycles. The first-order valence-corrected chi connectivity index (χ1v) is 11.8. The predicted molar refractivity (Wildman–Crippen MR) is 138 cm³/mol. The normalized spacial score (nSPS) is 17.1. The van der Waals surface area contributed by atoms with Crippen LogP contribution >= 0.6 is 0 Å². The molecule has 0 spiro atoms. The van der Waals surface area contributed by atoms with Crippen LogP contribution in [0.3, 0.4) is 0 Å². The Bertz CT molecular complexity index is 1460. The van der Waals surface area contributed by atoms with Crippen molar-refractivity contribution in [2.45, 2.75) is 18.5 Å². The molecule has 1 aliphatic heterocycles. The van der Waals surface area contributed by atoms with Gasteiger partial charge in [-0.1, -0.05) is 36.4 Å². The van der Waals surface area contributed by atoms with Crippen LogP contribution in [0.25, 0.3) is 10.9 Å². The Balaban J connectivity index is 1.57. The second-order valence-corrected chi connectivity index (χ2v) is 9.03. The molecule has 0 bridgehead atoms. The zero-order chi connectivity index (χ0) is 25.4. The topological polar surface area (TPSA) is 72.8 Å². The molecule has 5 rings (SSSR count). The quantitative estimate of drug-likeness (QED) is 0.441. The van der Waals surface area contributed by atoms with Crippen molar-refractivity contribution in [2.75, 3.05) is 21.3 Å². The van der Waals surface area contributed by atoms with Gasteiger partial charge in [0.1, 0.15) is 11.5 Å². The number of ether oxygens (including phenoxy) is 2. The third-order valence-electron chi connectivity index (χ3n) is 7.05. The van der Waals surface area contributed by atoms with Crippen LogP contribution < -0.4 is 14.8 Å². The number of rotatable bonds is 6. The number of methoxy groups -OCH3 is 2. The summed E-state index contributed by atoms with van der Waals surface area (Å²) in [6.07, 6.45) is 2.03. The summed E-state index contributed by atoms with van der Waals surface area (Å²) < 4.78 is 12.9. The third-order valence-corrected chi connectivity index (χ3v) is 7.05. The number of nitrogens with one attached hydrogen (secondary N) is 1. The zero-order valence-corrected chi connectivity index (χ0v) is 20.8. The summed E-state index contributed by atoms with van der Waals surface area (Å²) in [5, 5.41) is 4.13. The summed E-state index contributed by atoms with van der Waals surface area (Å²) in [4.78, 5) is 29.0. The summed E-state index contributed by atoms with van der Waals surface area (Å²) in [7, 11) is 6.96. The minimum atomic E-state index is -0.591. The van der Waals surface area contributed by atoms with Gasteiger partial charge in [-0.2, -0.15) is 0 Å². The maximum absolute atomic E-state index is 13.9. The number of benzene rings is 3. The fourth-order valence-electron chi connectivity index (χ4n) is 5.27. The fourth-order valence-corrected chi connectivity index (χ4v) is 5.27. The number of amides is 2. The Kier molecular flexibility index (Phi) is 6.14. The van der Waals surface area contributed by atoms with E-state index in [9.17, 15) is 9.59 Å². The smallest absolute Gasteiger partial charge is 0.254 e. The van der Waals surface area contributed by atoms with Crippen LogP contribution in [0.5, 0.6) is 11.5 Å². The van der Waals surface area contributed by atoms with Crippen LogP contribution in [0.15, 0.2) is 72.9 Å². The molecule has 0 radical (unpaired) electrons. The molecule has 7 nitrogen and oxygen atoms in total. The van der Waals surface area contributed by atoms with Crippen molar-refractivity contribution in [1.82, 2.24) is 14.8 Å². The summed E-state index contributed by atoms with van der Waals surface area (Å²) in [5.41, 5.74) is 4.08. The SMILES string of the molecule is COc1ccc(OC)c(CNC(=O)C2c3ccccc3C(=O)N(C)C2c2cn(C)c3ccccc23)c1. The van der Waals surface area contributed by atoms with E-state index in [1.54, 1.807) is 32.2 Å². The molecule has 1 aliphatic rings. The van der Waals surface area contributed by atoms with E-state index in [2.05, 4.69) is 5.32 Å². The van der Waals surface area contributed by atoms with Crippen molar-refractivity contribution in [3.05, 3.63) is 95.2 Å². The van der Waals surface area contributed by atoms with Gasteiger partial charge in [0.15, 0.2) is 0 Å². The summed E-state index contributed by atoms with van der Waals surface area (Å²) in [6.45, 7) is 0.262. The van der Waals surface area contributed by atoms with Gasteiger partial charge in [-0.3, -0.25) is 9.59 Å². The van der Waals surface area contributed by atoms with E-state index in [0.717, 1.165) is 27.6 Å². The molecule has 184 valence electrons. The molecule has 0 saturated carbocycles. The second-order valence-electron chi connectivity index (χ2n) is 9.03. The highest BCUT2D eigenvalue weighted by molar-refractivity contribution is 6.02. The van der Waals surface area contributed by atoms with E-state index in [1.807, 2.05) is 78.5 Å². The Hall–Kier alpha value is -4.26. The van der Waals surface area contributed by atoms with Gasteiger partial charge in [-0.15, -0.1) is 0 Å². The molecule has 0 saturated heterocycles.